The SMILES string of the molecule is O=C1CC2CCCC2CCN1. The highest BCUT2D eigenvalue weighted by atomic mass is 16.1. The van der Waals surface area contributed by atoms with Gasteiger partial charge in [-0.1, -0.05) is 12.8 Å². The predicted molar refractivity (Wildman–Crippen MR) is 43.1 cm³/mol. The maximum atomic E-state index is 11.1. The van der Waals surface area contributed by atoms with Crippen molar-refractivity contribution in [2.75, 3.05) is 6.54 Å². The van der Waals surface area contributed by atoms with Crippen molar-refractivity contribution < 1.29 is 4.79 Å². The van der Waals surface area contributed by atoms with Crippen LogP contribution in [0.2, 0.25) is 0 Å². The third-order valence-corrected chi connectivity index (χ3v) is 3.10. The molecule has 1 amide bonds. The van der Waals surface area contributed by atoms with Gasteiger partial charge in [-0.25, -0.2) is 0 Å². The first-order valence-electron chi connectivity index (χ1n) is 4.63. The Balaban J connectivity index is 2.03. The predicted octanol–water partition coefficient (Wildman–Crippen LogP) is 1.31. The molecule has 0 aromatic heterocycles. The van der Waals surface area contributed by atoms with Crippen molar-refractivity contribution in [3.8, 4) is 0 Å². The Kier molecular flexibility index (Phi) is 1.84. The van der Waals surface area contributed by atoms with E-state index in [4.69, 9.17) is 0 Å². The van der Waals surface area contributed by atoms with Gasteiger partial charge in [0.15, 0.2) is 0 Å². The molecule has 2 unspecified atom stereocenters. The summed E-state index contributed by atoms with van der Waals surface area (Å²) in [6, 6.07) is 0. The molecule has 1 heterocycles. The van der Waals surface area contributed by atoms with Crippen LogP contribution in [-0.4, -0.2) is 12.5 Å². The molecular weight excluding hydrogens is 138 g/mol. The third kappa shape index (κ3) is 1.39. The maximum absolute atomic E-state index is 11.1. The second-order valence-corrected chi connectivity index (χ2v) is 3.79. The summed E-state index contributed by atoms with van der Waals surface area (Å²) in [7, 11) is 0. The van der Waals surface area contributed by atoms with Gasteiger partial charge < -0.3 is 5.32 Å². The molecule has 0 aromatic rings. The molecule has 0 spiro atoms. The van der Waals surface area contributed by atoms with Gasteiger partial charge in [0.05, 0.1) is 0 Å². The van der Waals surface area contributed by atoms with E-state index in [1.807, 2.05) is 0 Å². The lowest BCUT2D eigenvalue weighted by molar-refractivity contribution is -0.121. The van der Waals surface area contributed by atoms with E-state index < -0.39 is 0 Å². The van der Waals surface area contributed by atoms with E-state index in [0.29, 0.717) is 0 Å². The molecule has 0 radical (unpaired) electrons. The number of nitrogens with one attached hydrogen (secondary N) is 1. The fourth-order valence-electron chi connectivity index (χ4n) is 2.47. The number of carbonyl (C=O) groups excluding carboxylic acids is 1. The van der Waals surface area contributed by atoms with Crippen LogP contribution >= 0.6 is 0 Å². The maximum Gasteiger partial charge on any atom is 0.220 e. The second kappa shape index (κ2) is 2.84. The van der Waals surface area contributed by atoms with Crippen molar-refractivity contribution in [3.63, 3.8) is 0 Å². The Morgan fingerprint density at radius 3 is 2.91 bits per heavy atom. The topological polar surface area (TPSA) is 29.1 Å². The van der Waals surface area contributed by atoms with Crippen LogP contribution in [0.15, 0.2) is 0 Å². The summed E-state index contributed by atoms with van der Waals surface area (Å²) in [5.41, 5.74) is 0. The zero-order valence-corrected chi connectivity index (χ0v) is 6.81. The lowest BCUT2D eigenvalue weighted by Gasteiger charge is -2.12. The van der Waals surface area contributed by atoms with Gasteiger partial charge >= 0.3 is 0 Å². The van der Waals surface area contributed by atoms with Crippen LogP contribution in [0, 0.1) is 11.8 Å². The van der Waals surface area contributed by atoms with Crippen molar-refractivity contribution in [2.24, 2.45) is 11.8 Å². The minimum absolute atomic E-state index is 0.277. The zero-order chi connectivity index (χ0) is 7.68. The number of hydrogen-bond acceptors (Lipinski definition) is 1. The van der Waals surface area contributed by atoms with Gasteiger partial charge in [0.2, 0.25) is 5.91 Å². The molecule has 0 aromatic carbocycles. The Hall–Kier alpha value is -0.530. The normalized spacial score (nSPS) is 37.6. The van der Waals surface area contributed by atoms with Crippen molar-refractivity contribution in [3.05, 3.63) is 0 Å². The molecule has 0 bridgehead atoms. The van der Waals surface area contributed by atoms with E-state index in [1.54, 1.807) is 0 Å². The molecule has 62 valence electrons. The Bertz CT molecular complexity index is 167. The van der Waals surface area contributed by atoms with Crippen molar-refractivity contribution in [1.29, 1.82) is 0 Å². The zero-order valence-electron chi connectivity index (χ0n) is 6.81. The number of carbonyl (C=O) groups is 1. The van der Waals surface area contributed by atoms with Gasteiger partial charge in [-0.3, -0.25) is 4.79 Å². The second-order valence-electron chi connectivity index (χ2n) is 3.79. The molecule has 11 heavy (non-hydrogen) atoms. The molecular formula is C9H15NO. The van der Waals surface area contributed by atoms with Gasteiger partial charge in [0, 0.05) is 13.0 Å². The number of rotatable bonds is 0. The monoisotopic (exact) mass is 153 g/mol. The first-order chi connectivity index (χ1) is 5.36. The van der Waals surface area contributed by atoms with Crippen LogP contribution in [0.1, 0.15) is 32.1 Å². The Morgan fingerprint density at radius 1 is 1.18 bits per heavy atom. The largest absolute Gasteiger partial charge is 0.356 e. The van der Waals surface area contributed by atoms with Crippen molar-refractivity contribution >= 4 is 5.91 Å². The molecule has 2 nitrogen and oxygen atoms in total. The number of hydrogen-bond donors (Lipinski definition) is 1. The summed E-state index contributed by atoms with van der Waals surface area (Å²) in [4.78, 5) is 11.1. The van der Waals surface area contributed by atoms with E-state index in [-0.39, 0.29) is 5.91 Å². The average Bonchev–Trinajstić information content (AvgIpc) is 2.31. The van der Waals surface area contributed by atoms with Crippen LogP contribution in [0.5, 0.6) is 0 Å². The van der Waals surface area contributed by atoms with Gasteiger partial charge in [-0.2, -0.15) is 0 Å². The summed E-state index contributed by atoms with van der Waals surface area (Å²) >= 11 is 0. The molecule has 2 aliphatic rings. The van der Waals surface area contributed by atoms with Crippen LogP contribution in [0.3, 0.4) is 0 Å². The smallest absolute Gasteiger partial charge is 0.220 e. The molecule has 2 heteroatoms. The molecule has 2 atom stereocenters. The third-order valence-electron chi connectivity index (χ3n) is 3.10. The average molecular weight is 153 g/mol. The highest BCUT2D eigenvalue weighted by molar-refractivity contribution is 5.76. The van der Waals surface area contributed by atoms with Gasteiger partial charge in [0.25, 0.3) is 0 Å². The van der Waals surface area contributed by atoms with E-state index in [9.17, 15) is 4.79 Å². The summed E-state index contributed by atoms with van der Waals surface area (Å²) in [5, 5.41) is 2.93. The fourth-order valence-corrected chi connectivity index (χ4v) is 2.47. The first-order valence-corrected chi connectivity index (χ1v) is 4.63. The van der Waals surface area contributed by atoms with Gasteiger partial charge in [0.1, 0.15) is 0 Å². The van der Waals surface area contributed by atoms with E-state index >= 15 is 0 Å². The van der Waals surface area contributed by atoms with E-state index in [1.165, 1.54) is 25.7 Å². The van der Waals surface area contributed by atoms with Gasteiger partial charge in [-0.15, -0.1) is 0 Å². The quantitative estimate of drug-likeness (QED) is 0.558. The molecule has 1 saturated carbocycles. The Labute approximate surface area is 67.4 Å². The first kappa shape index (κ1) is 7.14. The Morgan fingerprint density at radius 2 is 2.00 bits per heavy atom. The molecule has 1 N–H and O–H groups in total. The highest BCUT2D eigenvalue weighted by Gasteiger charge is 2.30. The highest BCUT2D eigenvalue weighted by Crippen LogP contribution is 2.36. The van der Waals surface area contributed by atoms with Crippen molar-refractivity contribution in [1.82, 2.24) is 5.32 Å². The molecule has 2 fully saturated rings. The summed E-state index contributed by atoms with van der Waals surface area (Å²) < 4.78 is 0. The van der Waals surface area contributed by atoms with Crippen molar-refractivity contribution in [2.45, 2.75) is 32.1 Å². The van der Waals surface area contributed by atoms with Crippen LogP contribution in [-0.2, 0) is 4.79 Å². The lowest BCUT2D eigenvalue weighted by Crippen LogP contribution is -2.22. The van der Waals surface area contributed by atoms with E-state index in [0.717, 1.165) is 24.8 Å². The fraction of sp³-hybridized carbons (Fsp3) is 0.889. The van der Waals surface area contributed by atoms with Crippen LogP contribution in [0.4, 0.5) is 0 Å². The lowest BCUT2D eigenvalue weighted by atomic mass is 9.91. The molecule has 1 aliphatic carbocycles. The minimum atomic E-state index is 0.277. The molecule has 1 aliphatic heterocycles. The summed E-state index contributed by atoms with van der Waals surface area (Å²) in [5.74, 6) is 1.85. The summed E-state index contributed by atoms with van der Waals surface area (Å²) in [6.45, 7) is 0.917. The van der Waals surface area contributed by atoms with Crippen LogP contribution in [0.25, 0.3) is 0 Å². The standard InChI is InChI=1S/C9H15NO/c11-9-6-8-3-1-2-7(8)4-5-10-9/h7-8H,1-6H2,(H,10,11). The van der Waals surface area contributed by atoms with E-state index in [2.05, 4.69) is 5.32 Å². The summed E-state index contributed by atoms with van der Waals surface area (Å²) in [6.07, 6.45) is 6.02. The molecule has 1 saturated heterocycles. The van der Waals surface area contributed by atoms with Crippen LogP contribution < -0.4 is 5.32 Å². The number of amides is 1. The van der Waals surface area contributed by atoms with Gasteiger partial charge in [-0.05, 0) is 24.7 Å². The molecule has 2 rings (SSSR count). The minimum Gasteiger partial charge on any atom is -0.356 e. The number of fused-ring (bicyclic) bond motifs is 1.